The van der Waals surface area contributed by atoms with Crippen molar-refractivity contribution < 1.29 is 23.1 Å². The molecule has 176 valence electrons. The average molecular weight is 676 g/mol. The summed E-state index contributed by atoms with van der Waals surface area (Å²) in [6.07, 6.45) is 1.26. The summed E-state index contributed by atoms with van der Waals surface area (Å²) < 4.78 is 35.8. The van der Waals surface area contributed by atoms with Crippen molar-refractivity contribution in [3.8, 4) is 5.75 Å². The number of benzene rings is 2. The van der Waals surface area contributed by atoms with Gasteiger partial charge in [-0.1, -0.05) is 70.0 Å². The second-order valence-corrected chi connectivity index (χ2v) is 13.7. The molecular formula is C23H17BrClIN2O5S. The molecule has 1 unspecified atom stereocenters. The molecule has 11 heteroatoms. The van der Waals surface area contributed by atoms with Crippen LogP contribution in [0.5, 0.6) is 5.75 Å². The molecule has 0 spiro atoms. The second-order valence-electron chi connectivity index (χ2n) is 8.18. The van der Waals surface area contributed by atoms with E-state index in [4.69, 9.17) is 16.3 Å². The lowest BCUT2D eigenvalue weighted by molar-refractivity contribution is -0.151. The Kier molecular flexibility index (Phi) is 5.85. The number of halogens is 3. The largest absolute Gasteiger partial charge is 0.472 e. The van der Waals surface area contributed by atoms with E-state index >= 15 is 0 Å². The molecule has 34 heavy (non-hydrogen) atoms. The van der Waals surface area contributed by atoms with E-state index < -0.39 is 38.2 Å². The molecule has 2 aromatic carbocycles. The number of rotatable bonds is 4. The predicted molar refractivity (Wildman–Crippen MR) is 138 cm³/mol. The van der Waals surface area contributed by atoms with Gasteiger partial charge in [0.25, 0.3) is 0 Å². The topological polar surface area (TPSA) is 96.8 Å². The molecule has 7 nitrogen and oxygen atoms in total. The quantitative estimate of drug-likeness (QED) is 0.327. The molecule has 2 aliphatic rings. The molecule has 2 bridgehead atoms. The number of hydrogen-bond donors (Lipinski definition) is 1. The molecule has 1 N–H and O–H groups in total. The molecule has 0 saturated heterocycles. The highest BCUT2D eigenvalue weighted by Crippen LogP contribution is 2.63. The number of Topliss-reactive ketones (excluding diaryl/α,β-unsaturated/α-hetero) is 1. The van der Waals surface area contributed by atoms with Crippen molar-refractivity contribution in [2.45, 2.75) is 22.4 Å². The standard InChI is InChI=1S/C23H17BrClIN2O5S/c1-28(26)34(31,32)20-18(13-5-3-2-4-6-13)23(14-7-9-15(24)10-8-14)21(29)22(20,30)19-17(33-23)11-16(25)12-27-19/h2-12,18,20,30H,1H3/t18?,20-,22+,23-/m1/s1. The smallest absolute Gasteiger partial charge is 0.229 e. The third-order valence-electron chi connectivity index (χ3n) is 6.39. The van der Waals surface area contributed by atoms with Crippen LogP contribution in [0.15, 0.2) is 71.3 Å². The number of aromatic nitrogens is 1. The molecule has 1 aromatic heterocycles. The van der Waals surface area contributed by atoms with Gasteiger partial charge in [0, 0.05) is 52.2 Å². The van der Waals surface area contributed by atoms with E-state index in [-0.39, 0.29) is 16.5 Å². The number of sulfonamides is 1. The van der Waals surface area contributed by atoms with Gasteiger partial charge in [-0.3, -0.25) is 9.78 Å². The number of fused-ring (bicyclic) bond motifs is 4. The van der Waals surface area contributed by atoms with E-state index in [0.717, 1.165) is 6.99 Å². The van der Waals surface area contributed by atoms with E-state index in [0.29, 0.717) is 11.1 Å². The highest BCUT2D eigenvalue weighted by atomic mass is 127. The maximum atomic E-state index is 14.3. The van der Waals surface area contributed by atoms with Crippen LogP contribution in [0.2, 0.25) is 5.02 Å². The SMILES string of the molecule is CN(I)S(=O)(=O)[C@@H]1C(c2ccccc2)[C@@]2(c3ccc(Br)cc3)Oc3cc(Cl)cnc3[C@@]1(O)C2=O. The van der Waals surface area contributed by atoms with E-state index in [2.05, 4.69) is 20.9 Å². The molecule has 5 rings (SSSR count). The Morgan fingerprint density at radius 2 is 1.82 bits per heavy atom. The molecule has 0 amide bonds. The Balaban J connectivity index is 1.94. The molecule has 3 aromatic rings. The Hall–Kier alpha value is -1.57. The minimum absolute atomic E-state index is 0.0623. The fourth-order valence-electron chi connectivity index (χ4n) is 5.00. The lowest BCUT2D eigenvalue weighted by atomic mass is 9.78. The van der Waals surface area contributed by atoms with Crippen LogP contribution < -0.4 is 4.74 Å². The first-order valence-electron chi connectivity index (χ1n) is 10.1. The minimum Gasteiger partial charge on any atom is -0.472 e. The van der Waals surface area contributed by atoms with Crippen molar-refractivity contribution in [3.05, 3.63) is 93.2 Å². The summed E-state index contributed by atoms with van der Waals surface area (Å²) in [6.45, 7) is 0. The van der Waals surface area contributed by atoms with Crippen LogP contribution in [0.25, 0.3) is 0 Å². The highest BCUT2D eigenvalue weighted by Gasteiger charge is 2.78. The number of ether oxygens (including phenoxy) is 1. The van der Waals surface area contributed by atoms with Gasteiger partial charge in [0.05, 0.1) is 10.9 Å². The Labute approximate surface area is 223 Å². The van der Waals surface area contributed by atoms with Gasteiger partial charge in [0.2, 0.25) is 21.4 Å². The van der Waals surface area contributed by atoms with Crippen molar-refractivity contribution in [2.24, 2.45) is 0 Å². The number of carbonyl (C=O) groups excluding carboxylic acids is 1. The van der Waals surface area contributed by atoms with E-state index in [1.807, 2.05) is 0 Å². The summed E-state index contributed by atoms with van der Waals surface area (Å²) in [4.78, 5) is 18.5. The maximum absolute atomic E-state index is 14.3. The van der Waals surface area contributed by atoms with Gasteiger partial charge < -0.3 is 9.84 Å². The van der Waals surface area contributed by atoms with Crippen molar-refractivity contribution in [1.82, 2.24) is 7.50 Å². The van der Waals surface area contributed by atoms with Crippen molar-refractivity contribution in [3.63, 3.8) is 0 Å². The monoisotopic (exact) mass is 674 g/mol. The zero-order chi connectivity index (χ0) is 24.5. The summed E-state index contributed by atoms with van der Waals surface area (Å²) in [6, 6.07) is 17.0. The van der Waals surface area contributed by atoms with Crippen molar-refractivity contribution in [1.29, 1.82) is 0 Å². The van der Waals surface area contributed by atoms with Gasteiger partial charge >= 0.3 is 0 Å². The zero-order valence-electron chi connectivity index (χ0n) is 17.5. The Morgan fingerprint density at radius 3 is 2.44 bits per heavy atom. The maximum Gasteiger partial charge on any atom is 0.229 e. The lowest BCUT2D eigenvalue weighted by Crippen LogP contribution is -2.53. The van der Waals surface area contributed by atoms with Gasteiger partial charge in [0.15, 0.2) is 5.60 Å². The summed E-state index contributed by atoms with van der Waals surface area (Å²) in [5, 5.41) is 10.7. The van der Waals surface area contributed by atoms with Crippen LogP contribution in [0.4, 0.5) is 0 Å². The van der Waals surface area contributed by atoms with Crippen LogP contribution in [-0.4, -0.2) is 39.1 Å². The molecule has 1 aliphatic carbocycles. The van der Waals surface area contributed by atoms with Gasteiger partial charge in [-0.15, -0.1) is 2.52 Å². The average Bonchev–Trinajstić information content (AvgIpc) is 2.93. The zero-order valence-corrected chi connectivity index (χ0v) is 22.8. The lowest BCUT2D eigenvalue weighted by Gasteiger charge is -2.38. The van der Waals surface area contributed by atoms with E-state index in [9.17, 15) is 18.3 Å². The number of aliphatic hydroxyl groups is 1. The molecule has 4 atom stereocenters. The highest BCUT2D eigenvalue weighted by molar-refractivity contribution is 14.1. The summed E-state index contributed by atoms with van der Waals surface area (Å²) >= 11 is 11.2. The first-order chi connectivity index (χ1) is 16.0. The van der Waals surface area contributed by atoms with Gasteiger partial charge in [-0.25, -0.2) is 8.42 Å². The van der Waals surface area contributed by atoms with E-state index in [1.165, 1.54) is 19.3 Å². The Morgan fingerprint density at radius 1 is 1.18 bits per heavy atom. The first kappa shape index (κ1) is 24.1. The predicted octanol–water partition coefficient (Wildman–Crippen LogP) is 4.32. The molecule has 1 aliphatic heterocycles. The fraction of sp³-hybridized carbons (Fsp3) is 0.217. The van der Waals surface area contributed by atoms with Crippen LogP contribution in [-0.2, 0) is 26.0 Å². The third-order valence-corrected chi connectivity index (χ3v) is 10.7. The van der Waals surface area contributed by atoms with Crippen molar-refractivity contribution in [2.75, 3.05) is 7.05 Å². The normalized spacial score (nSPS) is 28.0. The number of nitrogens with zero attached hydrogens (tertiary/aromatic N) is 2. The summed E-state index contributed by atoms with van der Waals surface area (Å²) in [5.74, 6) is -1.82. The molecule has 1 fully saturated rings. The fourth-order valence-corrected chi connectivity index (χ4v) is 7.80. The summed E-state index contributed by atoms with van der Waals surface area (Å²) in [7, 11) is -2.88. The number of carbonyl (C=O) groups is 1. The third kappa shape index (κ3) is 3.22. The molecule has 0 radical (unpaired) electrons. The first-order valence-corrected chi connectivity index (χ1v) is 13.8. The van der Waals surface area contributed by atoms with Crippen LogP contribution in [0.3, 0.4) is 0 Å². The van der Waals surface area contributed by atoms with Crippen molar-refractivity contribution >= 4 is 66.2 Å². The second kappa shape index (κ2) is 8.24. The molecule has 2 heterocycles. The molecular weight excluding hydrogens is 659 g/mol. The van der Waals surface area contributed by atoms with Crippen LogP contribution in [0.1, 0.15) is 22.7 Å². The molecule has 1 saturated carbocycles. The number of pyridine rings is 1. The Bertz CT molecular complexity index is 1410. The van der Waals surface area contributed by atoms with Gasteiger partial charge in [0.1, 0.15) is 16.7 Å². The van der Waals surface area contributed by atoms with Gasteiger partial charge in [-0.2, -0.15) is 0 Å². The van der Waals surface area contributed by atoms with Crippen LogP contribution in [0, 0.1) is 0 Å². The minimum atomic E-state index is -4.24. The number of ketones is 1. The summed E-state index contributed by atoms with van der Waals surface area (Å²) in [5.41, 5.74) is -3.56. The number of hydrogen-bond acceptors (Lipinski definition) is 6. The van der Waals surface area contributed by atoms with Crippen LogP contribution >= 0.6 is 50.4 Å². The van der Waals surface area contributed by atoms with E-state index in [1.54, 1.807) is 77.5 Å². The van der Waals surface area contributed by atoms with Gasteiger partial charge in [-0.05, 0) is 17.7 Å².